The summed E-state index contributed by atoms with van der Waals surface area (Å²) in [7, 11) is 1.74. The number of aromatic nitrogens is 1. The molecule has 2 atom stereocenters. The van der Waals surface area contributed by atoms with Crippen molar-refractivity contribution in [1.82, 2.24) is 10.3 Å². The number of thiazole rings is 1. The molecule has 90 valence electrons. The van der Waals surface area contributed by atoms with Crippen LogP contribution in [-0.2, 0) is 10.3 Å². The quantitative estimate of drug-likeness (QED) is 0.820. The Morgan fingerprint density at radius 2 is 2.56 bits per heavy atom. The van der Waals surface area contributed by atoms with Crippen molar-refractivity contribution >= 4 is 23.1 Å². The van der Waals surface area contributed by atoms with E-state index in [0.717, 1.165) is 25.3 Å². The summed E-state index contributed by atoms with van der Waals surface area (Å²) >= 11 is 3.78. The van der Waals surface area contributed by atoms with E-state index in [-0.39, 0.29) is 5.54 Å². The van der Waals surface area contributed by atoms with Gasteiger partial charge in [-0.1, -0.05) is 6.92 Å². The van der Waals surface area contributed by atoms with Crippen LogP contribution in [0.15, 0.2) is 11.6 Å². The Morgan fingerprint density at radius 1 is 1.69 bits per heavy atom. The van der Waals surface area contributed by atoms with Crippen molar-refractivity contribution in [3.8, 4) is 0 Å². The molecule has 2 unspecified atom stereocenters. The lowest BCUT2D eigenvalue weighted by molar-refractivity contribution is 0.186. The molecule has 16 heavy (non-hydrogen) atoms. The van der Waals surface area contributed by atoms with Crippen molar-refractivity contribution < 1.29 is 4.74 Å². The van der Waals surface area contributed by atoms with E-state index in [2.05, 4.69) is 22.6 Å². The SMILES string of the molecule is COCCNC1(c2nccs2)CSC(C)C1. The van der Waals surface area contributed by atoms with Crippen LogP contribution in [-0.4, -0.2) is 36.2 Å². The summed E-state index contributed by atoms with van der Waals surface area (Å²) in [6.07, 6.45) is 3.06. The van der Waals surface area contributed by atoms with Crippen LogP contribution in [0.4, 0.5) is 0 Å². The average molecular weight is 258 g/mol. The molecule has 1 aliphatic heterocycles. The first-order valence-electron chi connectivity index (χ1n) is 5.52. The van der Waals surface area contributed by atoms with Gasteiger partial charge >= 0.3 is 0 Å². The Hall–Kier alpha value is -0.100. The van der Waals surface area contributed by atoms with Gasteiger partial charge in [0.2, 0.25) is 0 Å². The molecule has 0 bridgehead atoms. The predicted molar refractivity (Wildman–Crippen MR) is 70.2 cm³/mol. The van der Waals surface area contributed by atoms with Gasteiger partial charge in [0.05, 0.1) is 12.1 Å². The Bertz CT molecular complexity index is 318. The van der Waals surface area contributed by atoms with Crippen molar-refractivity contribution in [3.05, 3.63) is 16.6 Å². The summed E-state index contributed by atoms with van der Waals surface area (Å²) in [5.74, 6) is 1.12. The van der Waals surface area contributed by atoms with Crippen molar-refractivity contribution in [2.45, 2.75) is 24.1 Å². The highest BCUT2D eigenvalue weighted by atomic mass is 32.2. The van der Waals surface area contributed by atoms with Crippen molar-refractivity contribution in [3.63, 3.8) is 0 Å². The number of nitrogens with zero attached hydrogens (tertiary/aromatic N) is 1. The molecule has 2 rings (SSSR count). The van der Waals surface area contributed by atoms with Gasteiger partial charge in [0.1, 0.15) is 5.01 Å². The summed E-state index contributed by atoms with van der Waals surface area (Å²) in [4.78, 5) is 4.49. The van der Waals surface area contributed by atoms with E-state index in [1.54, 1.807) is 18.4 Å². The molecule has 1 aliphatic rings. The van der Waals surface area contributed by atoms with Gasteiger partial charge < -0.3 is 10.1 Å². The highest BCUT2D eigenvalue weighted by Gasteiger charge is 2.41. The number of hydrogen-bond donors (Lipinski definition) is 1. The molecule has 3 nitrogen and oxygen atoms in total. The molecule has 1 saturated heterocycles. The predicted octanol–water partition coefficient (Wildman–Crippen LogP) is 2.10. The summed E-state index contributed by atoms with van der Waals surface area (Å²) < 4.78 is 5.10. The third kappa shape index (κ3) is 2.59. The first kappa shape index (κ1) is 12.4. The summed E-state index contributed by atoms with van der Waals surface area (Å²) in [6, 6.07) is 0. The normalized spacial score (nSPS) is 29.8. The Morgan fingerprint density at radius 3 is 3.12 bits per heavy atom. The van der Waals surface area contributed by atoms with Gasteiger partial charge in [0, 0.05) is 36.2 Å². The van der Waals surface area contributed by atoms with E-state index in [4.69, 9.17) is 4.74 Å². The Labute approximate surface area is 105 Å². The van der Waals surface area contributed by atoms with Crippen LogP contribution in [0.1, 0.15) is 18.4 Å². The zero-order chi connectivity index (χ0) is 11.4. The maximum Gasteiger partial charge on any atom is 0.114 e. The minimum absolute atomic E-state index is 0.0801. The average Bonchev–Trinajstić information content (AvgIpc) is 2.88. The monoisotopic (exact) mass is 258 g/mol. The standard InChI is InChI=1S/C11H18N2OS2/c1-9-7-11(8-16-9,13-3-5-14-2)10-12-4-6-15-10/h4,6,9,13H,3,5,7-8H2,1-2H3. The van der Waals surface area contributed by atoms with Crippen LogP contribution < -0.4 is 5.32 Å². The first-order valence-corrected chi connectivity index (χ1v) is 7.45. The zero-order valence-corrected chi connectivity index (χ0v) is 11.4. The molecule has 0 aromatic carbocycles. The second-order valence-electron chi connectivity index (χ2n) is 4.16. The van der Waals surface area contributed by atoms with E-state index in [1.807, 2.05) is 18.0 Å². The lowest BCUT2D eigenvalue weighted by atomic mass is 9.97. The molecule has 0 radical (unpaired) electrons. The molecule has 1 aromatic rings. The smallest absolute Gasteiger partial charge is 0.114 e. The van der Waals surface area contributed by atoms with Crippen LogP contribution in [0.25, 0.3) is 0 Å². The molecule has 1 N–H and O–H groups in total. The molecule has 0 spiro atoms. The molecular weight excluding hydrogens is 240 g/mol. The number of methoxy groups -OCH3 is 1. The van der Waals surface area contributed by atoms with Crippen LogP contribution >= 0.6 is 23.1 Å². The van der Waals surface area contributed by atoms with Gasteiger partial charge in [-0.25, -0.2) is 4.98 Å². The van der Waals surface area contributed by atoms with Crippen molar-refractivity contribution in [2.24, 2.45) is 0 Å². The van der Waals surface area contributed by atoms with E-state index >= 15 is 0 Å². The van der Waals surface area contributed by atoms with E-state index in [0.29, 0.717) is 5.25 Å². The third-order valence-corrected chi connectivity index (χ3v) is 5.23. The highest BCUT2D eigenvalue weighted by Crippen LogP contribution is 2.41. The number of thioether (sulfide) groups is 1. The van der Waals surface area contributed by atoms with Crippen LogP contribution in [0, 0.1) is 0 Å². The molecule has 0 saturated carbocycles. The number of rotatable bonds is 5. The molecule has 0 aliphatic carbocycles. The second kappa shape index (κ2) is 5.49. The van der Waals surface area contributed by atoms with Crippen molar-refractivity contribution in [1.29, 1.82) is 0 Å². The lowest BCUT2D eigenvalue weighted by Gasteiger charge is -2.27. The van der Waals surface area contributed by atoms with Crippen LogP contribution in [0.5, 0.6) is 0 Å². The van der Waals surface area contributed by atoms with E-state index < -0.39 is 0 Å². The maximum atomic E-state index is 5.10. The van der Waals surface area contributed by atoms with Crippen LogP contribution in [0.3, 0.4) is 0 Å². The van der Waals surface area contributed by atoms with Gasteiger partial charge in [0.25, 0.3) is 0 Å². The molecule has 0 amide bonds. The van der Waals surface area contributed by atoms with Crippen LogP contribution in [0.2, 0.25) is 0 Å². The van der Waals surface area contributed by atoms with E-state index in [1.165, 1.54) is 5.01 Å². The van der Waals surface area contributed by atoms with E-state index in [9.17, 15) is 0 Å². The minimum atomic E-state index is 0.0801. The molecule has 1 fully saturated rings. The fourth-order valence-corrected chi connectivity index (χ4v) is 4.34. The molecular formula is C11H18N2OS2. The lowest BCUT2D eigenvalue weighted by Crippen LogP contribution is -2.44. The van der Waals surface area contributed by atoms with Gasteiger partial charge in [-0.3, -0.25) is 0 Å². The third-order valence-electron chi connectivity index (χ3n) is 2.86. The largest absolute Gasteiger partial charge is 0.383 e. The zero-order valence-electron chi connectivity index (χ0n) is 9.73. The van der Waals surface area contributed by atoms with Gasteiger partial charge in [-0.05, 0) is 6.42 Å². The summed E-state index contributed by atoms with van der Waals surface area (Å²) in [5, 5.41) is 7.62. The minimum Gasteiger partial charge on any atom is -0.383 e. The maximum absolute atomic E-state index is 5.10. The molecule has 1 aromatic heterocycles. The summed E-state index contributed by atoms with van der Waals surface area (Å²) in [5.41, 5.74) is 0.0801. The Kier molecular flexibility index (Phi) is 4.24. The van der Waals surface area contributed by atoms with Gasteiger partial charge in [0.15, 0.2) is 0 Å². The topological polar surface area (TPSA) is 34.1 Å². The van der Waals surface area contributed by atoms with Crippen molar-refractivity contribution in [2.75, 3.05) is 26.0 Å². The fourth-order valence-electron chi connectivity index (χ4n) is 2.09. The number of hydrogen-bond acceptors (Lipinski definition) is 5. The van der Waals surface area contributed by atoms with Gasteiger partial charge in [-0.15, -0.1) is 11.3 Å². The first-order chi connectivity index (χ1) is 7.77. The summed E-state index contributed by atoms with van der Waals surface area (Å²) in [6.45, 7) is 3.94. The molecule has 2 heterocycles. The van der Waals surface area contributed by atoms with Gasteiger partial charge in [-0.2, -0.15) is 11.8 Å². The number of nitrogens with one attached hydrogen (secondary N) is 1. The molecule has 5 heteroatoms. The number of ether oxygens (including phenoxy) is 1. The fraction of sp³-hybridized carbons (Fsp3) is 0.727. The Balaban J connectivity index is 2.08. The highest BCUT2D eigenvalue weighted by molar-refractivity contribution is 8.00. The second-order valence-corrected chi connectivity index (χ2v) is 6.49.